The number of halogens is 1. The second-order valence-electron chi connectivity index (χ2n) is 7.12. The molecule has 0 atom stereocenters. The lowest BCUT2D eigenvalue weighted by molar-refractivity contribution is -0.130. The van der Waals surface area contributed by atoms with Crippen LogP contribution in [0, 0.1) is 5.82 Å². The average molecular weight is 445 g/mol. The standard InChI is InChI=1S/C25H20FN3O4/c1-32-20-11-18-19(12-21(20)33-2)28-13-29-24(18)16-5-3-14(4-6-16)22(25(30)31)23(27)15-7-9-17(26)10-8-15/h3-13H,27H2,1-2H3,(H,30,31)/b23-22+. The molecule has 0 saturated carbocycles. The van der Waals surface area contributed by atoms with Crippen LogP contribution in [-0.2, 0) is 4.79 Å². The zero-order valence-electron chi connectivity index (χ0n) is 17.9. The van der Waals surface area contributed by atoms with Crippen molar-refractivity contribution in [3.05, 3.63) is 83.9 Å². The number of aliphatic carboxylic acids is 1. The van der Waals surface area contributed by atoms with Crippen molar-refractivity contribution in [3.63, 3.8) is 0 Å². The first-order valence-corrected chi connectivity index (χ1v) is 9.89. The van der Waals surface area contributed by atoms with E-state index >= 15 is 0 Å². The van der Waals surface area contributed by atoms with Crippen molar-refractivity contribution in [2.75, 3.05) is 14.2 Å². The van der Waals surface area contributed by atoms with Crippen LogP contribution in [0.2, 0.25) is 0 Å². The normalized spacial score (nSPS) is 11.7. The lowest BCUT2D eigenvalue weighted by Crippen LogP contribution is -2.09. The molecule has 0 amide bonds. The Kier molecular flexibility index (Phi) is 5.91. The number of hydrogen-bond acceptors (Lipinski definition) is 6. The maximum atomic E-state index is 13.2. The van der Waals surface area contributed by atoms with Gasteiger partial charge in [-0.25, -0.2) is 19.2 Å². The third-order valence-electron chi connectivity index (χ3n) is 5.23. The average Bonchev–Trinajstić information content (AvgIpc) is 2.83. The summed E-state index contributed by atoms with van der Waals surface area (Å²) in [5, 5.41) is 10.5. The van der Waals surface area contributed by atoms with Crippen LogP contribution in [0.4, 0.5) is 4.39 Å². The SMILES string of the molecule is COc1cc2ncnc(-c3ccc(/C(C(=O)O)=C(\N)c4ccc(F)cc4)cc3)c2cc1OC. The van der Waals surface area contributed by atoms with E-state index in [4.69, 9.17) is 15.2 Å². The first kappa shape index (κ1) is 21.8. The van der Waals surface area contributed by atoms with E-state index in [9.17, 15) is 14.3 Å². The zero-order chi connectivity index (χ0) is 23.5. The van der Waals surface area contributed by atoms with E-state index in [1.54, 1.807) is 50.6 Å². The fourth-order valence-corrected chi connectivity index (χ4v) is 3.58. The summed E-state index contributed by atoms with van der Waals surface area (Å²) in [6, 6.07) is 15.7. The number of methoxy groups -OCH3 is 2. The Morgan fingerprint density at radius 3 is 2.12 bits per heavy atom. The van der Waals surface area contributed by atoms with Crippen LogP contribution in [0.3, 0.4) is 0 Å². The lowest BCUT2D eigenvalue weighted by Gasteiger charge is -2.12. The van der Waals surface area contributed by atoms with Crippen LogP contribution in [0.25, 0.3) is 33.4 Å². The number of hydrogen-bond donors (Lipinski definition) is 2. The highest BCUT2D eigenvalue weighted by Gasteiger charge is 2.18. The largest absolute Gasteiger partial charge is 0.493 e. The van der Waals surface area contributed by atoms with Crippen LogP contribution < -0.4 is 15.2 Å². The summed E-state index contributed by atoms with van der Waals surface area (Å²) in [5.41, 5.74) is 9.01. The molecule has 0 radical (unpaired) electrons. The third kappa shape index (κ3) is 4.18. The minimum absolute atomic E-state index is 0.0413. The molecule has 33 heavy (non-hydrogen) atoms. The maximum Gasteiger partial charge on any atom is 0.338 e. The number of carbonyl (C=O) groups is 1. The van der Waals surface area contributed by atoms with Crippen molar-refractivity contribution in [1.82, 2.24) is 9.97 Å². The van der Waals surface area contributed by atoms with E-state index < -0.39 is 11.8 Å². The summed E-state index contributed by atoms with van der Waals surface area (Å²) >= 11 is 0. The highest BCUT2D eigenvalue weighted by Crippen LogP contribution is 2.35. The summed E-state index contributed by atoms with van der Waals surface area (Å²) in [6.07, 6.45) is 1.45. The molecule has 0 saturated heterocycles. The predicted octanol–water partition coefficient (Wildman–Crippen LogP) is 4.36. The molecule has 3 aromatic carbocycles. The third-order valence-corrected chi connectivity index (χ3v) is 5.23. The number of aromatic nitrogens is 2. The van der Waals surface area contributed by atoms with Crippen molar-refractivity contribution in [3.8, 4) is 22.8 Å². The molecule has 1 aromatic heterocycles. The quantitative estimate of drug-likeness (QED) is 0.335. The van der Waals surface area contributed by atoms with Crippen molar-refractivity contribution < 1.29 is 23.8 Å². The van der Waals surface area contributed by atoms with Crippen LogP contribution in [0.15, 0.2) is 67.0 Å². The summed E-state index contributed by atoms with van der Waals surface area (Å²) in [7, 11) is 3.10. The molecule has 4 aromatic rings. The van der Waals surface area contributed by atoms with Gasteiger partial charge in [-0.3, -0.25) is 0 Å². The number of ether oxygens (including phenoxy) is 2. The fraction of sp³-hybridized carbons (Fsp3) is 0.0800. The Morgan fingerprint density at radius 1 is 0.909 bits per heavy atom. The highest BCUT2D eigenvalue weighted by molar-refractivity contribution is 6.23. The van der Waals surface area contributed by atoms with E-state index in [2.05, 4.69) is 9.97 Å². The van der Waals surface area contributed by atoms with Crippen LogP contribution in [0.5, 0.6) is 11.5 Å². The molecule has 1 heterocycles. The number of benzene rings is 3. The Bertz CT molecular complexity index is 1370. The second-order valence-corrected chi connectivity index (χ2v) is 7.12. The molecule has 8 heteroatoms. The van der Waals surface area contributed by atoms with Gasteiger partial charge in [-0.15, -0.1) is 0 Å². The molecule has 0 unspecified atom stereocenters. The monoisotopic (exact) mass is 445 g/mol. The molecule has 0 aliphatic carbocycles. The lowest BCUT2D eigenvalue weighted by atomic mass is 9.97. The number of rotatable bonds is 6. The first-order valence-electron chi connectivity index (χ1n) is 9.89. The molecule has 0 bridgehead atoms. The van der Waals surface area contributed by atoms with Gasteiger partial charge in [-0.1, -0.05) is 24.3 Å². The Labute approximate surface area is 188 Å². The highest BCUT2D eigenvalue weighted by atomic mass is 19.1. The summed E-state index contributed by atoms with van der Waals surface area (Å²) in [5.74, 6) is -0.522. The Hall–Kier alpha value is -4.46. The van der Waals surface area contributed by atoms with Gasteiger partial charge in [0.15, 0.2) is 11.5 Å². The Balaban J connectivity index is 1.79. The topological polar surface area (TPSA) is 108 Å². The van der Waals surface area contributed by atoms with Gasteiger partial charge < -0.3 is 20.3 Å². The molecule has 4 rings (SSSR count). The number of nitrogens with two attached hydrogens (primary N) is 1. The van der Waals surface area contributed by atoms with Gasteiger partial charge in [-0.05, 0) is 41.5 Å². The molecule has 3 N–H and O–H groups in total. The molecule has 0 spiro atoms. The molecule has 7 nitrogen and oxygen atoms in total. The number of carboxylic acid groups (broad SMARTS) is 1. The minimum Gasteiger partial charge on any atom is -0.493 e. The Morgan fingerprint density at radius 2 is 1.52 bits per heavy atom. The predicted molar refractivity (Wildman–Crippen MR) is 123 cm³/mol. The van der Waals surface area contributed by atoms with Crippen LogP contribution >= 0.6 is 0 Å². The molecule has 166 valence electrons. The zero-order valence-corrected chi connectivity index (χ0v) is 17.9. The van der Waals surface area contributed by atoms with Gasteiger partial charge in [0.2, 0.25) is 0 Å². The van der Waals surface area contributed by atoms with Crippen molar-refractivity contribution >= 4 is 28.1 Å². The number of nitrogens with zero attached hydrogens (tertiary/aromatic N) is 2. The van der Waals surface area contributed by atoms with Crippen LogP contribution in [0.1, 0.15) is 11.1 Å². The second kappa shape index (κ2) is 8.96. The van der Waals surface area contributed by atoms with Gasteiger partial charge in [0.25, 0.3) is 0 Å². The first-order chi connectivity index (χ1) is 15.9. The molecular weight excluding hydrogens is 425 g/mol. The van der Waals surface area contributed by atoms with Gasteiger partial charge in [0.1, 0.15) is 12.1 Å². The summed E-state index contributed by atoms with van der Waals surface area (Å²) < 4.78 is 24.0. The smallest absolute Gasteiger partial charge is 0.338 e. The molecule has 0 fully saturated rings. The van der Waals surface area contributed by atoms with Gasteiger partial charge >= 0.3 is 5.97 Å². The molecule has 0 aliphatic heterocycles. The van der Waals surface area contributed by atoms with Crippen molar-refractivity contribution in [1.29, 1.82) is 0 Å². The van der Waals surface area contributed by atoms with Gasteiger partial charge in [-0.2, -0.15) is 0 Å². The van der Waals surface area contributed by atoms with E-state index in [1.165, 1.54) is 30.6 Å². The van der Waals surface area contributed by atoms with E-state index in [0.717, 1.165) is 10.9 Å². The maximum absolute atomic E-state index is 13.2. The van der Waals surface area contributed by atoms with E-state index in [1.807, 2.05) is 0 Å². The summed E-state index contributed by atoms with van der Waals surface area (Å²) in [4.78, 5) is 20.7. The molecular formula is C25H20FN3O4. The summed E-state index contributed by atoms with van der Waals surface area (Å²) in [6.45, 7) is 0. The van der Waals surface area contributed by atoms with Gasteiger partial charge in [0, 0.05) is 17.0 Å². The number of carboxylic acids is 1. The molecule has 0 aliphatic rings. The number of fused-ring (bicyclic) bond motifs is 1. The fourth-order valence-electron chi connectivity index (χ4n) is 3.58. The minimum atomic E-state index is -1.19. The van der Waals surface area contributed by atoms with Crippen molar-refractivity contribution in [2.45, 2.75) is 0 Å². The van der Waals surface area contributed by atoms with Crippen LogP contribution in [-0.4, -0.2) is 35.3 Å². The van der Waals surface area contributed by atoms with Gasteiger partial charge in [0.05, 0.1) is 36.7 Å². The van der Waals surface area contributed by atoms with E-state index in [-0.39, 0.29) is 11.3 Å². The van der Waals surface area contributed by atoms with Crippen molar-refractivity contribution in [2.24, 2.45) is 5.73 Å². The van der Waals surface area contributed by atoms with E-state index in [0.29, 0.717) is 33.8 Å².